The molecule has 2 aromatic rings. The predicted molar refractivity (Wildman–Crippen MR) is 99.5 cm³/mol. The minimum atomic E-state index is -0.405. The zero-order chi connectivity index (χ0) is 18.0. The number of ether oxygens (including phenoxy) is 1. The lowest BCUT2D eigenvalue weighted by atomic mass is 9.80. The molecule has 0 amide bonds. The van der Waals surface area contributed by atoms with Crippen LogP contribution in [0.5, 0.6) is 0 Å². The van der Waals surface area contributed by atoms with Crippen LogP contribution in [0.25, 0.3) is 0 Å². The molecule has 0 aromatic carbocycles. The van der Waals surface area contributed by atoms with Gasteiger partial charge in [0.15, 0.2) is 0 Å². The molecule has 2 aromatic heterocycles. The van der Waals surface area contributed by atoms with E-state index in [0.717, 1.165) is 55.2 Å². The standard InChI is InChI=1S/C19H24N6O/c1-14-12-26-9-8-25(14)18-11-15(19(13-20)5-2-3-6-19)10-17(23-18)22-16-4-7-21-24-16/h4,7,10-11,14H,2-3,5-6,8-9,12H2,1H3,(H2,21,22,23,24)/t14-/m1/s1. The number of aromatic nitrogens is 3. The molecule has 0 spiro atoms. The van der Waals surface area contributed by atoms with Crippen LogP contribution in [0.15, 0.2) is 24.4 Å². The van der Waals surface area contributed by atoms with Gasteiger partial charge < -0.3 is 15.0 Å². The molecular formula is C19H24N6O. The number of nitrogens with zero attached hydrogens (tertiary/aromatic N) is 4. The van der Waals surface area contributed by atoms with Crippen LogP contribution in [0.1, 0.15) is 38.2 Å². The van der Waals surface area contributed by atoms with Gasteiger partial charge in [0.2, 0.25) is 0 Å². The van der Waals surface area contributed by atoms with E-state index in [1.807, 2.05) is 12.1 Å². The number of nitrogens with one attached hydrogen (secondary N) is 2. The maximum Gasteiger partial charge on any atom is 0.134 e. The number of aromatic amines is 1. The van der Waals surface area contributed by atoms with Gasteiger partial charge in [0.05, 0.1) is 36.9 Å². The van der Waals surface area contributed by atoms with Crippen LogP contribution in [0, 0.1) is 11.3 Å². The molecule has 7 heteroatoms. The maximum absolute atomic E-state index is 9.93. The Kier molecular flexibility index (Phi) is 4.51. The minimum absolute atomic E-state index is 0.258. The molecule has 1 aliphatic heterocycles. The number of hydrogen-bond acceptors (Lipinski definition) is 6. The minimum Gasteiger partial charge on any atom is -0.377 e. The largest absolute Gasteiger partial charge is 0.377 e. The zero-order valence-corrected chi connectivity index (χ0v) is 15.0. The maximum atomic E-state index is 9.93. The highest BCUT2D eigenvalue weighted by Gasteiger charge is 2.37. The van der Waals surface area contributed by atoms with Crippen LogP contribution in [0.3, 0.4) is 0 Å². The summed E-state index contributed by atoms with van der Waals surface area (Å²) in [6.45, 7) is 4.34. The zero-order valence-electron chi connectivity index (χ0n) is 15.0. The average Bonchev–Trinajstić information content (AvgIpc) is 3.34. The highest BCUT2D eigenvalue weighted by molar-refractivity contribution is 5.59. The van der Waals surface area contributed by atoms with Crippen molar-refractivity contribution in [1.29, 1.82) is 5.26 Å². The Bertz CT molecular complexity index is 791. The van der Waals surface area contributed by atoms with E-state index in [2.05, 4.69) is 39.5 Å². The van der Waals surface area contributed by atoms with E-state index in [4.69, 9.17) is 9.72 Å². The van der Waals surface area contributed by atoms with Crippen LogP contribution in [0.2, 0.25) is 0 Å². The summed E-state index contributed by atoms with van der Waals surface area (Å²) in [7, 11) is 0. The third-order valence-corrected chi connectivity index (χ3v) is 5.46. The van der Waals surface area contributed by atoms with Gasteiger partial charge in [-0.2, -0.15) is 10.4 Å². The lowest BCUT2D eigenvalue weighted by molar-refractivity contribution is 0.0985. The van der Waals surface area contributed by atoms with Crippen molar-refractivity contribution in [1.82, 2.24) is 15.2 Å². The van der Waals surface area contributed by atoms with Crippen molar-refractivity contribution < 1.29 is 4.74 Å². The van der Waals surface area contributed by atoms with Gasteiger partial charge in [-0.25, -0.2) is 4.98 Å². The molecule has 1 saturated heterocycles. The fourth-order valence-electron chi connectivity index (χ4n) is 3.98. The van der Waals surface area contributed by atoms with Gasteiger partial charge >= 0.3 is 0 Å². The van der Waals surface area contributed by atoms with Gasteiger partial charge in [-0.3, -0.25) is 5.10 Å². The van der Waals surface area contributed by atoms with Crippen molar-refractivity contribution in [3.8, 4) is 6.07 Å². The second-order valence-electron chi connectivity index (χ2n) is 7.21. The molecule has 1 aliphatic carbocycles. The molecule has 2 N–H and O–H groups in total. The Labute approximate surface area is 153 Å². The molecule has 4 rings (SSSR count). The van der Waals surface area contributed by atoms with E-state index in [0.29, 0.717) is 13.2 Å². The molecule has 1 atom stereocenters. The third-order valence-electron chi connectivity index (χ3n) is 5.46. The molecule has 2 fully saturated rings. The van der Waals surface area contributed by atoms with Gasteiger partial charge in [0.25, 0.3) is 0 Å². The first-order valence-electron chi connectivity index (χ1n) is 9.25. The van der Waals surface area contributed by atoms with E-state index in [9.17, 15) is 5.26 Å². The predicted octanol–water partition coefficient (Wildman–Crippen LogP) is 3.11. The Balaban J connectivity index is 1.75. The van der Waals surface area contributed by atoms with Gasteiger partial charge in [-0.05, 0) is 37.5 Å². The van der Waals surface area contributed by atoms with Crippen molar-refractivity contribution >= 4 is 17.5 Å². The molecule has 0 unspecified atom stereocenters. The quantitative estimate of drug-likeness (QED) is 0.879. The topological polar surface area (TPSA) is 89.9 Å². The van der Waals surface area contributed by atoms with E-state index in [1.54, 1.807) is 6.20 Å². The molecule has 0 bridgehead atoms. The van der Waals surface area contributed by atoms with Crippen molar-refractivity contribution in [3.05, 3.63) is 30.0 Å². The van der Waals surface area contributed by atoms with Gasteiger partial charge in [-0.15, -0.1) is 0 Å². The molecule has 136 valence electrons. The molecule has 1 saturated carbocycles. The highest BCUT2D eigenvalue weighted by atomic mass is 16.5. The fourth-order valence-corrected chi connectivity index (χ4v) is 3.98. The normalized spacial score (nSPS) is 22.2. The second kappa shape index (κ2) is 6.96. The van der Waals surface area contributed by atoms with Crippen LogP contribution in [-0.4, -0.2) is 41.0 Å². The number of anilines is 3. The number of H-pyrrole nitrogens is 1. The van der Waals surface area contributed by atoms with Crippen LogP contribution in [0.4, 0.5) is 17.5 Å². The first-order valence-corrected chi connectivity index (χ1v) is 9.25. The molecule has 2 aliphatic rings. The molecule has 26 heavy (non-hydrogen) atoms. The SMILES string of the molecule is C[C@@H]1COCCN1c1cc(C2(C#N)CCCC2)cc(Nc2ccn[nH]2)n1. The third kappa shape index (κ3) is 3.13. The summed E-state index contributed by atoms with van der Waals surface area (Å²) >= 11 is 0. The summed E-state index contributed by atoms with van der Waals surface area (Å²) < 4.78 is 5.57. The second-order valence-corrected chi connectivity index (χ2v) is 7.21. The molecule has 0 radical (unpaired) electrons. The van der Waals surface area contributed by atoms with Crippen molar-refractivity contribution in [2.24, 2.45) is 0 Å². The monoisotopic (exact) mass is 352 g/mol. The first-order chi connectivity index (χ1) is 12.7. The molecular weight excluding hydrogens is 328 g/mol. The summed E-state index contributed by atoms with van der Waals surface area (Å²) in [4.78, 5) is 7.09. The number of nitriles is 1. The summed E-state index contributed by atoms with van der Waals surface area (Å²) in [5.74, 6) is 2.43. The van der Waals surface area contributed by atoms with Crippen molar-refractivity contribution in [2.45, 2.75) is 44.1 Å². The summed E-state index contributed by atoms with van der Waals surface area (Å²) in [5, 5.41) is 20.1. The van der Waals surface area contributed by atoms with Crippen LogP contribution in [-0.2, 0) is 10.2 Å². The van der Waals surface area contributed by atoms with E-state index >= 15 is 0 Å². The Morgan fingerprint density at radius 2 is 2.23 bits per heavy atom. The number of pyridine rings is 1. The molecule has 7 nitrogen and oxygen atoms in total. The van der Waals surface area contributed by atoms with Crippen molar-refractivity contribution in [2.75, 3.05) is 30.0 Å². The van der Waals surface area contributed by atoms with Crippen LogP contribution >= 0.6 is 0 Å². The van der Waals surface area contributed by atoms with Gasteiger partial charge in [0, 0.05) is 12.6 Å². The smallest absolute Gasteiger partial charge is 0.134 e. The number of rotatable bonds is 4. The van der Waals surface area contributed by atoms with Gasteiger partial charge in [-0.1, -0.05) is 12.8 Å². The first kappa shape index (κ1) is 16.9. The highest BCUT2D eigenvalue weighted by Crippen LogP contribution is 2.42. The lowest BCUT2D eigenvalue weighted by Gasteiger charge is -2.35. The van der Waals surface area contributed by atoms with E-state index < -0.39 is 5.41 Å². The fraction of sp³-hybridized carbons (Fsp3) is 0.526. The summed E-state index contributed by atoms with van der Waals surface area (Å²) in [5.41, 5.74) is 0.653. The Morgan fingerprint density at radius 1 is 1.38 bits per heavy atom. The van der Waals surface area contributed by atoms with Gasteiger partial charge in [0.1, 0.15) is 17.5 Å². The Hall–Kier alpha value is -2.59. The summed E-state index contributed by atoms with van der Waals surface area (Å²) in [6, 6.07) is 8.85. The molecule has 3 heterocycles. The Morgan fingerprint density at radius 3 is 2.92 bits per heavy atom. The van der Waals surface area contributed by atoms with E-state index in [1.165, 1.54) is 0 Å². The average molecular weight is 352 g/mol. The number of hydrogen-bond donors (Lipinski definition) is 2. The van der Waals surface area contributed by atoms with Crippen molar-refractivity contribution in [3.63, 3.8) is 0 Å². The van der Waals surface area contributed by atoms with E-state index in [-0.39, 0.29) is 6.04 Å². The lowest BCUT2D eigenvalue weighted by Crippen LogP contribution is -2.44. The van der Waals surface area contributed by atoms with Crippen LogP contribution < -0.4 is 10.2 Å². The number of morpholine rings is 1. The summed E-state index contributed by atoms with van der Waals surface area (Å²) in [6.07, 6.45) is 5.72.